The van der Waals surface area contributed by atoms with E-state index in [2.05, 4.69) is 26.1 Å². The Balaban J connectivity index is 1.26. The SMILES string of the molecule is CC[C@H](NC(=O)C[C@@H](C)[C@H]1CC[C@H]2[C@@H]3[C@H](O)C[C@@H]4CC(=O)CC[C@]4(C)[C@H]3CC[C@]12C)c1ccc(S(=O)(=O)O)s1. The number of thiophene rings is 1. The van der Waals surface area contributed by atoms with Crippen molar-refractivity contribution in [3.05, 3.63) is 17.0 Å². The van der Waals surface area contributed by atoms with Gasteiger partial charge in [0.15, 0.2) is 0 Å². The molecule has 3 N–H and O–H groups in total. The predicted octanol–water partition coefficient (Wildman–Crippen LogP) is 5.79. The van der Waals surface area contributed by atoms with Crippen LogP contribution < -0.4 is 5.32 Å². The largest absolute Gasteiger partial charge is 0.393 e. The highest BCUT2D eigenvalue weighted by Crippen LogP contribution is 2.68. The number of rotatable bonds is 7. The van der Waals surface area contributed by atoms with Crippen LogP contribution in [0.2, 0.25) is 0 Å². The Labute approximate surface area is 237 Å². The minimum absolute atomic E-state index is 0.0307. The molecule has 1 amide bonds. The Kier molecular flexibility index (Phi) is 7.88. The van der Waals surface area contributed by atoms with E-state index in [0.29, 0.717) is 55.1 Å². The van der Waals surface area contributed by atoms with Crippen molar-refractivity contribution in [1.29, 1.82) is 0 Å². The second-order valence-electron chi connectivity index (χ2n) is 13.6. The Bertz CT molecular complexity index is 1210. The van der Waals surface area contributed by atoms with Gasteiger partial charge in [0.25, 0.3) is 0 Å². The van der Waals surface area contributed by atoms with Gasteiger partial charge in [-0.3, -0.25) is 14.1 Å². The highest BCUT2D eigenvalue weighted by atomic mass is 32.3. The summed E-state index contributed by atoms with van der Waals surface area (Å²) in [7, 11) is -4.25. The molecule has 4 saturated carbocycles. The van der Waals surface area contributed by atoms with Gasteiger partial charge in [-0.05, 0) is 103 Å². The van der Waals surface area contributed by atoms with E-state index in [1.54, 1.807) is 6.07 Å². The fraction of sp³-hybridized carbons (Fsp3) is 0.800. The Morgan fingerprint density at radius 3 is 2.54 bits per heavy atom. The lowest BCUT2D eigenvalue weighted by molar-refractivity contribution is -0.169. The highest BCUT2D eigenvalue weighted by Gasteiger charge is 2.63. The molecule has 9 heteroatoms. The van der Waals surface area contributed by atoms with Gasteiger partial charge >= 0.3 is 10.1 Å². The van der Waals surface area contributed by atoms with Crippen molar-refractivity contribution in [1.82, 2.24) is 5.32 Å². The van der Waals surface area contributed by atoms with E-state index < -0.39 is 10.1 Å². The smallest absolute Gasteiger partial charge is 0.304 e. The molecule has 1 aromatic heterocycles. The summed E-state index contributed by atoms with van der Waals surface area (Å²) in [5.74, 6) is 2.45. The molecule has 0 saturated heterocycles. The number of aliphatic hydroxyl groups is 1. The molecule has 0 unspecified atom stereocenters. The molecule has 0 aliphatic heterocycles. The molecular formula is C30H45NO6S2. The number of fused-ring (bicyclic) bond motifs is 5. The van der Waals surface area contributed by atoms with Crippen LogP contribution in [0.4, 0.5) is 0 Å². The zero-order valence-corrected chi connectivity index (χ0v) is 25.3. The standard InChI is InChI=1S/C30H45NO6S2/c1-5-23(25-8-9-27(38-25)39(35,36)37)31-26(34)14-17(2)20-6-7-21-28-22(11-13-30(20,21)4)29(3)12-10-19(32)15-18(29)16-24(28)33/h8-9,17-18,20-24,28,33H,5-7,10-16H2,1-4H3,(H,31,34)(H,35,36,37)/t17-,18+,20-,21+,22+,23+,24-,28+,29+,30-/m1/s1. The molecule has 1 heterocycles. The highest BCUT2D eigenvalue weighted by molar-refractivity contribution is 7.88. The number of hydrogen-bond donors (Lipinski definition) is 3. The Hall–Kier alpha value is -1.29. The number of ketones is 1. The molecule has 1 aromatic rings. The minimum atomic E-state index is -4.25. The first-order chi connectivity index (χ1) is 18.3. The van der Waals surface area contributed by atoms with Gasteiger partial charge in [0, 0.05) is 24.1 Å². The van der Waals surface area contributed by atoms with Crippen LogP contribution in [0, 0.1) is 46.3 Å². The molecule has 4 fully saturated rings. The quantitative estimate of drug-likeness (QED) is 0.352. The van der Waals surface area contributed by atoms with Crippen LogP contribution in [0.15, 0.2) is 16.3 Å². The van der Waals surface area contributed by atoms with Crippen molar-refractivity contribution in [2.75, 3.05) is 0 Å². The molecule has 0 bridgehead atoms. The van der Waals surface area contributed by atoms with Crippen LogP contribution in [-0.2, 0) is 19.7 Å². The van der Waals surface area contributed by atoms with Crippen molar-refractivity contribution in [2.45, 2.75) is 108 Å². The van der Waals surface area contributed by atoms with Crippen molar-refractivity contribution < 1.29 is 27.7 Å². The first kappa shape index (κ1) is 29.2. The second-order valence-corrected chi connectivity index (χ2v) is 16.4. The average Bonchev–Trinajstić information content (AvgIpc) is 3.48. The maximum absolute atomic E-state index is 13.2. The van der Waals surface area contributed by atoms with Crippen molar-refractivity contribution in [3.63, 3.8) is 0 Å². The molecule has 5 rings (SSSR count). The van der Waals surface area contributed by atoms with Gasteiger partial charge in [-0.2, -0.15) is 8.42 Å². The summed E-state index contributed by atoms with van der Waals surface area (Å²) in [4.78, 5) is 26.1. The third-order valence-electron chi connectivity index (χ3n) is 11.7. The lowest BCUT2D eigenvalue weighted by Gasteiger charge is -2.61. The van der Waals surface area contributed by atoms with Crippen LogP contribution in [0.3, 0.4) is 0 Å². The molecule has 4 aliphatic rings. The molecule has 39 heavy (non-hydrogen) atoms. The lowest BCUT2D eigenvalue weighted by atomic mass is 9.44. The zero-order chi connectivity index (χ0) is 28.3. The van der Waals surface area contributed by atoms with Crippen LogP contribution >= 0.6 is 11.3 Å². The molecule has 0 spiro atoms. The number of amides is 1. The zero-order valence-electron chi connectivity index (χ0n) is 23.7. The third-order valence-corrected chi connectivity index (χ3v) is 14.2. The minimum Gasteiger partial charge on any atom is -0.393 e. The summed E-state index contributed by atoms with van der Waals surface area (Å²) in [5.41, 5.74) is 0.243. The molecule has 218 valence electrons. The lowest BCUT2D eigenvalue weighted by Crippen LogP contribution is -2.58. The summed E-state index contributed by atoms with van der Waals surface area (Å²) in [6.45, 7) is 8.94. The number of nitrogens with one attached hydrogen (secondary N) is 1. The maximum Gasteiger partial charge on any atom is 0.304 e. The van der Waals surface area contributed by atoms with Gasteiger partial charge in [0.2, 0.25) is 5.91 Å². The van der Waals surface area contributed by atoms with Crippen LogP contribution in [-0.4, -0.2) is 35.9 Å². The van der Waals surface area contributed by atoms with Crippen molar-refractivity contribution in [3.8, 4) is 0 Å². The fourth-order valence-corrected chi connectivity index (χ4v) is 11.5. The Morgan fingerprint density at radius 2 is 1.87 bits per heavy atom. The Morgan fingerprint density at radius 1 is 1.15 bits per heavy atom. The molecule has 7 nitrogen and oxygen atoms in total. The van der Waals surface area contributed by atoms with Crippen LogP contribution in [0.25, 0.3) is 0 Å². The van der Waals surface area contributed by atoms with Crippen molar-refractivity contribution in [2.24, 2.45) is 46.3 Å². The molecule has 0 radical (unpaired) electrons. The first-order valence-electron chi connectivity index (χ1n) is 14.8. The number of Topliss-reactive ketones (excluding diaryl/α,β-unsaturated/α-hetero) is 1. The van der Waals surface area contributed by atoms with Gasteiger partial charge in [-0.15, -0.1) is 11.3 Å². The van der Waals surface area contributed by atoms with Gasteiger partial charge in [0.05, 0.1) is 12.1 Å². The van der Waals surface area contributed by atoms with Gasteiger partial charge in [-0.25, -0.2) is 0 Å². The summed E-state index contributed by atoms with van der Waals surface area (Å²) in [6.07, 6.45) is 8.10. The number of aliphatic hydroxyl groups excluding tert-OH is 1. The normalized spacial score (nSPS) is 39.8. The number of hydrogen-bond acceptors (Lipinski definition) is 6. The van der Waals surface area contributed by atoms with E-state index in [1.807, 2.05) is 6.92 Å². The van der Waals surface area contributed by atoms with E-state index in [1.165, 1.54) is 6.07 Å². The molecule has 0 aromatic carbocycles. The van der Waals surface area contributed by atoms with Crippen LogP contribution in [0.1, 0.15) is 103 Å². The molecule has 4 aliphatic carbocycles. The number of carbonyl (C=O) groups is 2. The van der Waals surface area contributed by atoms with Gasteiger partial charge in [-0.1, -0.05) is 27.7 Å². The second kappa shape index (κ2) is 10.5. The predicted molar refractivity (Wildman–Crippen MR) is 151 cm³/mol. The van der Waals surface area contributed by atoms with E-state index in [0.717, 1.165) is 54.7 Å². The third kappa shape index (κ3) is 5.15. The average molecular weight is 580 g/mol. The fourth-order valence-electron chi connectivity index (χ4n) is 9.71. The van der Waals surface area contributed by atoms with Gasteiger partial charge in [0.1, 0.15) is 9.99 Å². The summed E-state index contributed by atoms with van der Waals surface area (Å²) < 4.78 is 32.2. The van der Waals surface area contributed by atoms with Gasteiger partial charge < -0.3 is 10.4 Å². The summed E-state index contributed by atoms with van der Waals surface area (Å²) >= 11 is 0.996. The van der Waals surface area contributed by atoms with E-state index in [4.69, 9.17) is 0 Å². The van der Waals surface area contributed by atoms with E-state index in [9.17, 15) is 27.7 Å². The number of carbonyl (C=O) groups excluding carboxylic acids is 2. The maximum atomic E-state index is 13.2. The topological polar surface area (TPSA) is 121 Å². The summed E-state index contributed by atoms with van der Waals surface area (Å²) in [5, 5.41) is 14.5. The first-order valence-corrected chi connectivity index (χ1v) is 17.1. The van der Waals surface area contributed by atoms with E-state index in [-0.39, 0.29) is 44.9 Å². The summed E-state index contributed by atoms with van der Waals surface area (Å²) in [6, 6.07) is 2.76. The molecular weight excluding hydrogens is 534 g/mol. The van der Waals surface area contributed by atoms with Crippen LogP contribution in [0.5, 0.6) is 0 Å². The monoisotopic (exact) mass is 579 g/mol. The van der Waals surface area contributed by atoms with E-state index >= 15 is 0 Å². The molecule has 10 atom stereocenters. The van der Waals surface area contributed by atoms with Crippen molar-refractivity contribution >= 4 is 33.1 Å².